The highest BCUT2D eigenvalue weighted by molar-refractivity contribution is 6.00. The van der Waals surface area contributed by atoms with E-state index < -0.39 is 0 Å². The average molecular weight is 550 g/mol. The number of fused-ring (bicyclic) bond motifs is 2. The fourth-order valence-corrected chi connectivity index (χ4v) is 6.77. The first-order valence-corrected chi connectivity index (χ1v) is 14.8. The average Bonchev–Trinajstić information content (AvgIpc) is 3.53. The van der Waals surface area contributed by atoms with Gasteiger partial charge in [0.1, 0.15) is 17.8 Å². The summed E-state index contributed by atoms with van der Waals surface area (Å²) in [5.74, 6) is 1.35. The Morgan fingerprint density at radius 3 is 2.37 bits per heavy atom. The monoisotopic (exact) mass is 549 g/mol. The van der Waals surface area contributed by atoms with E-state index in [1.807, 2.05) is 7.05 Å². The van der Waals surface area contributed by atoms with Gasteiger partial charge in [-0.05, 0) is 75.0 Å². The Morgan fingerprint density at radius 2 is 1.61 bits per heavy atom. The molecule has 2 fully saturated rings. The predicted octanol–water partition coefficient (Wildman–Crippen LogP) is 5.35. The Bertz CT molecular complexity index is 1680. The van der Waals surface area contributed by atoms with Gasteiger partial charge < -0.3 is 25.1 Å². The van der Waals surface area contributed by atoms with Crippen molar-refractivity contribution in [2.24, 2.45) is 7.05 Å². The van der Waals surface area contributed by atoms with Gasteiger partial charge in [0.15, 0.2) is 0 Å². The van der Waals surface area contributed by atoms with Crippen LogP contribution in [-0.4, -0.2) is 73.2 Å². The van der Waals surface area contributed by atoms with Crippen LogP contribution in [0.15, 0.2) is 55.0 Å². The molecule has 9 nitrogen and oxygen atoms in total. The van der Waals surface area contributed by atoms with Crippen LogP contribution in [0, 0.1) is 6.92 Å². The summed E-state index contributed by atoms with van der Waals surface area (Å²) in [6, 6.07) is 15.9. The van der Waals surface area contributed by atoms with Crippen LogP contribution in [0.4, 0.5) is 17.5 Å². The highest BCUT2D eigenvalue weighted by atomic mass is 15.3. The molecule has 3 N–H and O–H groups in total. The predicted molar refractivity (Wildman–Crippen MR) is 166 cm³/mol. The number of aromatic nitrogens is 5. The Kier molecular flexibility index (Phi) is 6.63. The first-order chi connectivity index (χ1) is 19.9. The molecule has 0 bridgehead atoms. The van der Waals surface area contributed by atoms with E-state index in [9.17, 15) is 0 Å². The summed E-state index contributed by atoms with van der Waals surface area (Å²) >= 11 is 0. The fourth-order valence-electron chi connectivity index (χ4n) is 6.77. The quantitative estimate of drug-likeness (QED) is 0.305. The molecule has 0 amide bonds. The van der Waals surface area contributed by atoms with E-state index in [1.54, 1.807) is 6.33 Å². The van der Waals surface area contributed by atoms with Crippen molar-refractivity contribution in [1.82, 2.24) is 33.9 Å². The number of nitrogens with zero attached hydrogens (tertiary/aromatic N) is 7. The maximum atomic E-state index is 6.47. The zero-order chi connectivity index (χ0) is 28.1. The van der Waals surface area contributed by atoms with Gasteiger partial charge in [-0.3, -0.25) is 4.90 Å². The van der Waals surface area contributed by atoms with Crippen LogP contribution < -0.4 is 11.1 Å². The van der Waals surface area contributed by atoms with Crippen LogP contribution >= 0.6 is 0 Å². The van der Waals surface area contributed by atoms with E-state index in [0.717, 1.165) is 57.7 Å². The summed E-state index contributed by atoms with van der Waals surface area (Å²) < 4.78 is 4.47. The van der Waals surface area contributed by atoms with E-state index in [-0.39, 0.29) is 0 Å². The molecule has 1 saturated heterocycles. The molecule has 3 aromatic heterocycles. The lowest BCUT2D eigenvalue weighted by atomic mass is 9.89. The number of piperazine rings is 1. The van der Waals surface area contributed by atoms with Crippen molar-refractivity contribution in [3.8, 4) is 11.1 Å². The molecule has 7 rings (SSSR count). The lowest BCUT2D eigenvalue weighted by Gasteiger charge is -2.41. The number of imidazole rings is 1. The molecule has 1 aliphatic carbocycles. The second-order valence-corrected chi connectivity index (χ2v) is 11.9. The molecule has 2 aromatic carbocycles. The molecule has 0 unspecified atom stereocenters. The van der Waals surface area contributed by atoms with Crippen molar-refractivity contribution in [3.05, 3.63) is 60.6 Å². The number of nitrogen functional groups attached to an aromatic ring is 1. The van der Waals surface area contributed by atoms with Crippen molar-refractivity contribution >= 4 is 39.5 Å². The number of anilines is 3. The topological polar surface area (TPSA) is 93.1 Å². The first-order valence-electron chi connectivity index (χ1n) is 14.8. The number of aryl methyl sites for hydroxylation is 2. The van der Waals surface area contributed by atoms with E-state index in [1.165, 1.54) is 44.6 Å². The van der Waals surface area contributed by atoms with Crippen LogP contribution in [0.5, 0.6) is 0 Å². The largest absolute Gasteiger partial charge is 0.383 e. The molecule has 212 valence electrons. The summed E-state index contributed by atoms with van der Waals surface area (Å²) in [5.41, 5.74) is 13.9. The zero-order valence-electron chi connectivity index (χ0n) is 24.2. The SMILES string of the molecule is Cc1ccc2nc(Nc3ccc(-c4cn([C@H]5CC[C@H](N6CCN(C)CC6)CC5)c5ncnc(N)c45)cc3)n(C)c2c1. The molecule has 1 aliphatic heterocycles. The third kappa shape index (κ3) is 4.83. The van der Waals surface area contributed by atoms with Gasteiger partial charge in [0.25, 0.3) is 0 Å². The first kappa shape index (κ1) is 26.0. The molecule has 1 saturated carbocycles. The maximum Gasteiger partial charge on any atom is 0.208 e. The van der Waals surface area contributed by atoms with Crippen molar-refractivity contribution in [1.29, 1.82) is 0 Å². The second kappa shape index (κ2) is 10.5. The van der Waals surface area contributed by atoms with Gasteiger partial charge in [0, 0.05) is 62.8 Å². The molecule has 9 heteroatoms. The van der Waals surface area contributed by atoms with Crippen LogP contribution in [0.2, 0.25) is 0 Å². The van der Waals surface area contributed by atoms with Crippen LogP contribution in [0.1, 0.15) is 37.3 Å². The smallest absolute Gasteiger partial charge is 0.208 e. The molecular weight excluding hydrogens is 510 g/mol. The minimum Gasteiger partial charge on any atom is -0.383 e. The minimum absolute atomic E-state index is 0.423. The van der Waals surface area contributed by atoms with Crippen molar-refractivity contribution in [2.45, 2.75) is 44.7 Å². The molecule has 0 atom stereocenters. The van der Waals surface area contributed by atoms with Crippen molar-refractivity contribution in [2.75, 3.05) is 44.3 Å². The van der Waals surface area contributed by atoms with Gasteiger partial charge in [-0.2, -0.15) is 0 Å². The molecule has 4 heterocycles. The van der Waals surface area contributed by atoms with Gasteiger partial charge in [0.2, 0.25) is 5.95 Å². The van der Waals surface area contributed by atoms with Gasteiger partial charge in [-0.1, -0.05) is 18.2 Å². The molecular formula is C32H39N9. The van der Waals surface area contributed by atoms with Gasteiger partial charge in [0.05, 0.1) is 16.4 Å². The van der Waals surface area contributed by atoms with E-state index in [0.29, 0.717) is 17.9 Å². The van der Waals surface area contributed by atoms with Gasteiger partial charge in [-0.15, -0.1) is 0 Å². The molecule has 2 aliphatic rings. The Morgan fingerprint density at radius 1 is 0.878 bits per heavy atom. The van der Waals surface area contributed by atoms with E-state index in [2.05, 4.69) is 91.9 Å². The number of rotatable bonds is 5. The summed E-state index contributed by atoms with van der Waals surface area (Å²) in [6.07, 6.45) is 8.62. The molecule has 41 heavy (non-hydrogen) atoms. The lowest BCUT2D eigenvalue weighted by molar-refractivity contribution is 0.0828. The molecule has 0 spiro atoms. The molecule has 0 radical (unpaired) electrons. The third-order valence-electron chi connectivity index (χ3n) is 9.24. The summed E-state index contributed by atoms with van der Waals surface area (Å²) in [6.45, 7) is 6.83. The summed E-state index contributed by atoms with van der Waals surface area (Å²) in [7, 11) is 4.27. The van der Waals surface area contributed by atoms with Crippen molar-refractivity contribution < 1.29 is 0 Å². The summed E-state index contributed by atoms with van der Waals surface area (Å²) in [5, 5.41) is 4.43. The highest BCUT2D eigenvalue weighted by Gasteiger charge is 2.30. The van der Waals surface area contributed by atoms with Gasteiger partial charge in [-0.25, -0.2) is 15.0 Å². The Labute approximate surface area is 241 Å². The maximum absolute atomic E-state index is 6.47. The lowest BCUT2D eigenvalue weighted by Crippen LogP contribution is -2.49. The Hall–Kier alpha value is -3.95. The number of nitrogens with one attached hydrogen (secondary N) is 1. The van der Waals surface area contributed by atoms with E-state index in [4.69, 9.17) is 15.7 Å². The third-order valence-corrected chi connectivity index (χ3v) is 9.24. The van der Waals surface area contributed by atoms with E-state index >= 15 is 0 Å². The normalized spacial score (nSPS) is 20.7. The van der Waals surface area contributed by atoms with Crippen LogP contribution in [0.3, 0.4) is 0 Å². The van der Waals surface area contributed by atoms with Crippen molar-refractivity contribution in [3.63, 3.8) is 0 Å². The number of hydrogen-bond acceptors (Lipinski definition) is 7. The fraction of sp³-hybridized carbons (Fsp3) is 0.406. The minimum atomic E-state index is 0.423. The van der Waals surface area contributed by atoms with Crippen LogP contribution in [-0.2, 0) is 7.05 Å². The second-order valence-electron chi connectivity index (χ2n) is 11.9. The zero-order valence-corrected chi connectivity index (χ0v) is 24.2. The number of hydrogen-bond donors (Lipinski definition) is 2. The number of nitrogens with two attached hydrogens (primary N) is 1. The van der Waals surface area contributed by atoms with Gasteiger partial charge >= 0.3 is 0 Å². The number of benzene rings is 2. The highest BCUT2D eigenvalue weighted by Crippen LogP contribution is 2.39. The Balaban J connectivity index is 1.13. The number of likely N-dealkylation sites (N-methyl/N-ethyl adjacent to an activating group) is 1. The summed E-state index contributed by atoms with van der Waals surface area (Å²) in [4.78, 5) is 19.0. The standard InChI is InChI=1S/C32H39N9/c1-21-4-13-27-28(18-21)39(3)32(37-27)36-23-7-5-22(6-8-23)26-19-41(31-29(26)30(33)34-20-35-31)25-11-9-24(10-12-25)40-16-14-38(2)15-17-40/h4-8,13,18-20,24-25H,9-12,14-17H2,1-3H3,(H,36,37)(H2,33,34,35)/t24-,25-. The molecule has 5 aromatic rings. The van der Waals surface area contributed by atoms with Crippen LogP contribution in [0.25, 0.3) is 33.2 Å².